The topological polar surface area (TPSA) is 72.9 Å². The third-order valence-electron chi connectivity index (χ3n) is 3.28. The number of imidazole rings is 1. The van der Waals surface area contributed by atoms with Crippen LogP contribution in [-0.4, -0.2) is 21.5 Å². The van der Waals surface area contributed by atoms with Crippen molar-refractivity contribution in [2.45, 2.75) is 51.2 Å². The van der Waals surface area contributed by atoms with Gasteiger partial charge in [0.05, 0.1) is 18.2 Å². The molecule has 2 rings (SSSR count). The summed E-state index contributed by atoms with van der Waals surface area (Å²) in [5, 5.41) is 3.26. The van der Waals surface area contributed by atoms with Crippen molar-refractivity contribution < 1.29 is 4.79 Å². The zero-order valence-electron chi connectivity index (χ0n) is 10.4. The number of rotatable bonds is 6. The number of hydrogen-bond acceptors (Lipinski definition) is 3. The van der Waals surface area contributed by atoms with Crippen molar-refractivity contribution in [3.05, 3.63) is 18.2 Å². The fourth-order valence-corrected chi connectivity index (χ4v) is 1.91. The molecule has 0 aliphatic heterocycles. The summed E-state index contributed by atoms with van der Waals surface area (Å²) in [6.07, 6.45) is 6.82. The van der Waals surface area contributed by atoms with Gasteiger partial charge in [-0.15, -0.1) is 0 Å². The summed E-state index contributed by atoms with van der Waals surface area (Å²) < 4.78 is 2.07. The first kappa shape index (κ1) is 12.1. The van der Waals surface area contributed by atoms with E-state index >= 15 is 0 Å². The molecule has 5 heteroatoms. The van der Waals surface area contributed by atoms with Crippen LogP contribution in [0.15, 0.2) is 12.5 Å². The van der Waals surface area contributed by atoms with E-state index < -0.39 is 6.04 Å². The van der Waals surface area contributed by atoms with Crippen LogP contribution in [0.25, 0.3) is 0 Å². The highest BCUT2D eigenvalue weighted by Crippen LogP contribution is 2.36. The van der Waals surface area contributed by atoms with Crippen LogP contribution in [0.1, 0.15) is 50.9 Å². The van der Waals surface area contributed by atoms with Crippen LogP contribution in [0.4, 0.5) is 0 Å². The monoisotopic (exact) mass is 236 g/mol. The van der Waals surface area contributed by atoms with E-state index in [1.165, 1.54) is 0 Å². The molecular formula is C12H20N4O. The molecule has 0 bridgehead atoms. The van der Waals surface area contributed by atoms with E-state index in [-0.39, 0.29) is 11.9 Å². The van der Waals surface area contributed by atoms with E-state index in [1.807, 2.05) is 6.92 Å². The number of primary amides is 1. The number of nitrogens with one attached hydrogen (secondary N) is 1. The molecule has 0 radical (unpaired) electrons. The Hall–Kier alpha value is -1.36. The molecule has 2 unspecified atom stereocenters. The first-order valence-corrected chi connectivity index (χ1v) is 6.20. The maximum atomic E-state index is 11.6. The molecule has 2 atom stereocenters. The highest BCUT2D eigenvalue weighted by Gasteiger charge is 2.30. The molecule has 1 aliphatic rings. The summed E-state index contributed by atoms with van der Waals surface area (Å²) in [4.78, 5) is 15.7. The molecule has 17 heavy (non-hydrogen) atoms. The van der Waals surface area contributed by atoms with Crippen LogP contribution in [0, 0.1) is 0 Å². The van der Waals surface area contributed by atoms with Crippen molar-refractivity contribution in [1.29, 1.82) is 0 Å². The maximum Gasteiger partial charge on any atom is 0.240 e. The number of hydrogen-bond donors (Lipinski definition) is 2. The summed E-state index contributed by atoms with van der Waals surface area (Å²) in [6, 6.07) is 0.330. The van der Waals surface area contributed by atoms with Gasteiger partial charge in [0, 0.05) is 12.1 Å². The number of nitrogens with two attached hydrogens (primary N) is 1. The molecule has 1 amide bonds. The Kier molecular flexibility index (Phi) is 3.47. The smallest absolute Gasteiger partial charge is 0.240 e. The second-order valence-electron chi connectivity index (χ2n) is 4.77. The Labute approximate surface area is 101 Å². The second-order valence-corrected chi connectivity index (χ2v) is 4.77. The van der Waals surface area contributed by atoms with Crippen LogP contribution in [-0.2, 0) is 4.79 Å². The van der Waals surface area contributed by atoms with Gasteiger partial charge in [0.25, 0.3) is 0 Å². The van der Waals surface area contributed by atoms with Gasteiger partial charge < -0.3 is 10.3 Å². The molecule has 1 aliphatic carbocycles. The maximum absolute atomic E-state index is 11.6. The molecule has 0 spiro atoms. The molecule has 5 nitrogen and oxygen atoms in total. The minimum Gasteiger partial charge on any atom is -0.368 e. The molecule has 1 saturated carbocycles. The first-order valence-electron chi connectivity index (χ1n) is 6.20. The number of amides is 1. The van der Waals surface area contributed by atoms with Gasteiger partial charge in [-0.2, -0.15) is 0 Å². The van der Waals surface area contributed by atoms with Crippen LogP contribution < -0.4 is 11.1 Å². The van der Waals surface area contributed by atoms with Crippen molar-refractivity contribution in [2.75, 3.05) is 0 Å². The van der Waals surface area contributed by atoms with E-state index in [2.05, 4.69) is 21.8 Å². The predicted octanol–water partition coefficient (Wildman–Crippen LogP) is 1.13. The lowest BCUT2D eigenvalue weighted by molar-refractivity contribution is -0.120. The molecule has 3 N–H and O–H groups in total. The van der Waals surface area contributed by atoms with Crippen LogP contribution in [0.2, 0.25) is 0 Å². The third kappa shape index (κ3) is 2.66. The van der Waals surface area contributed by atoms with E-state index in [9.17, 15) is 4.79 Å². The average Bonchev–Trinajstić information content (AvgIpc) is 3.04. The molecule has 0 aromatic carbocycles. The number of nitrogens with zero attached hydrogens (tertiary/aromatic N) is 2. The van der Waals surface area contributed by atoms with Gasteiger partial charge in [-0.1, -0.05) is 6.92 Å². The first-order chi connectivity index (χ1) is 8.13. The van der Waals surface area contributed by atoms with Crippen molar-refractivity contribution in [3.8, 4) is 0 Å². The highest BCUT2D eigenvalue weighted by molar-refractivity contribution is 5.81. The minimum absolute atomic E-state index is 0.259. The zero-order chi connectivity index (χ0) is 12.4. The molecule has 1 aromatic rings. The number of carbonyl (C=O) groups excluding carboxylic acids is 1. The minimum atomic E-state index is -0.437. The largest absolute Gasteiger partial charge is 0.368 e. The van der Waals surface area contributed by atoms with Crippen molar-refractivity contribution in [3.63, 3.8) is 0 Å². The van der Waals surface area contributed by atoms with Crippen molar-refractivity contribution in [2.24, 2.45) is 5.73 Å². The average molecular weight is 236 g/mol. The van der Waals surface area contributed by atoms with E-state index in [0.717, 1.165) is 25.0 Å². The Bertz CT molecular complexity index is 397. The molecule has 94 valence electrons. The quantitative estimate of drug-likeness (QED) is 0.777. The van der Waals surface area contributed by atoms with Crippen molar-refractivity contribution in [1.82, 2.24) is 14.9 Å². The summed E-state index contributed by atoms with van der Waals surface area (Å²) >= 11 is 0. The molecule has 1 fully saturated rings. The van der Waals surface area contributed by atoms with E-state index in [1.54, 1.807) is 12.5 Å². The fraction of sp³-hybridized carbons (Fsp3) is 0.667. The van der Waals surface area contributed by atoms with Gasteiger partial charge in [-0.25, -0.2) is 4.98 Å². The molecule has 1 heterocycles. The highest BCUT2D eigenvalue weighted by atomic mass is 16.1. The van der Waals surface area contributed by atoms with Gasteiger partial charge in [-0.3, -0.25) is 10.1 Å². The molecule has 1 aromatic heterocycles. The second kappa shape index (κ2) is 4.87. The lowest BCUT2D eigenvalue weighted by Gasteiger charge is -2.21. The van der Waals surface area contributed by atoms with E-state index in [0.29, 0.717) is 6.04 Å². The Morgan fingerprint density at radius 2 is 2.41 bits per heavy atom. The Balaban J connectivity index is 2.19. The Morgan fingerprint density at radius 1 is 1.71 bits per heavy atom. The van der Waals surface area contributed by atoms with Gasteiger partial charge in [0.1, 0.15) is 6.04 Å². The number of carbonyl (C=O) groups is 1. The molecular weight excluding hydrogens is 216 g/mol. The standard InChI is InChI=1S/C12H20N4O/c1-3-8(2)15-11(12(13)17)10-6-14-7-16(10)9-4-5-9/h6-9,11,15H,3-5H2,1-2H3,(H2,13,17). The van der Waals surface area contributed by atoms with Crippen molar-refractivity contribution >= 4 is 5.91 Å². The lowest BCUT2D eigenvalue weighted by atomic mass is 10.1. The number of aromatic nitrogens is 2. The summed E-state index contributed by atoms with van der Waals surface area (Å²) in [5.74, 6) is -0.340. The van der Waals surface area contributed by atoms with Gasteiger partial charge in [-0.05, 0) is 26.2 Å². The lowest BCUT2D eigenvalue weighted by Crippen LogP contribution is -2.39. The zero-order valence-corrected chi connectivity index (χ0v) is 10.4. The van der Waals surface area contributed by atoms with Gasteiger partial charge in [0.15, 0.2) is 0 Å². The summed E-state index contributed by atoms with van der Waals surface area (Å²) in [6.45, 7) is 4.13. The fourth-order valence-electron chi connectivity index (χ4n) is 1.91. The SMILES string of the molecule is CCC(C)NC(C(N)=O)c1cncn1C1CC1. The van der Waals surface area contributed by atoms with Gasteiger partial charge >= 0.3 is 0 Å². The normalized spacial score (nSPS) is 18.9. The third-order valence-corrected chi connectivity index (χ3v) is 3.28. The summed E-state index contributed by atoms with van der Waals surface area (Å²) in [5.41, 5.74) is 6.37. The van der Waals surface area contributed by atoms with Crippen LogP contribution >= 0.6 is 0 Å². The van der Waals surface area contributed by atoms with Crippen LogP contribution in [0.3, 0.4) is 0 Å². The van der Waals surface area contributed by atoms with Gasteiger partial charge in [0.2, 0.25) is 5.91 Å². The van der Waals surface area contributed by atoms with E-state index in [4.69, 9.17) is 5.73 Å². The Morgan fingerprint density at radius 3 is 2.94 bits per heavy atom. The molecule has 0 saturated heterocycles. The van der Waals surface area contributed by atoms with Crippen LogP contribution in [0.5, 0.6) is 0 Å². The summed E-state index contributed by atoms with van der Waals surface area (Å²) in [7, 11) is 0. The predicted molar refractivity (Wildman–Crippen MR) is 65.3 cm³/mol.